The number of benzene rings is 1. The van der Waals surface area contributed by atoms with Crippen molar-refractivity contribution in [3.63, 3.8) is 0 Å². The highest BCUT2D eigenvalue weighted by Gasteiger charge is 2.36. The maximum Gasteiger partial charge on any atom is 0.191 e. The van der Waals surface area contributed by atoms with E-state index in [0.717, 1.165) is 44.7 Å². The number of piperidine rings is 1. The Balaban J connectivity index is 1.83. The maximum atomic E-state index is 6.50. The van der Waals surface area contributed by atoms with Gasteiger partial charge in [-0.15, -0.1) is 0 Å². The molecule has 0 radical (unpaired) electrons. The van der Waals surface area contributed by atoms with Gasteiger partial charge in [0.05, 0.1) is 6.54 Å². The third-order valence-corrected chi connectivity index (χ3v) is 5.72. The minimum atomic E-state index is -0.125. The van der Waals surface area contributed by atoms with Crippen molar-refractivity contribution < 1.29 is 4.74 Å². The molecule has 0 atom stereocenters. The zero-order valence-corrected chi connectivity index (χ0v) is 15.5. The minimum Gasteiger partial charge on any atom is -0.381 e. The Morgan fingerprint density at radius 1 is 1.17 bits per heavy atom. The molecule has 0 aliphatic carbocycles. The summed E-state index contributed by atoms with van der Waals surface area (Å²) < 4.78 is 5.57. The number of likely N-dealkylation sites (tertiary alicyclic amines) is 1. The fraction of sp³-hybridized carbons (Fsp3) is 0.611. The van der Waals surface area contributed by atoms with Gasteiger partial charge in [-0.05, 0) is 49.8 Å². The van der Waals surface area contributed by atoms with Crippen molar-refractivity contribution in [3.05, 3.63) is 33.8 Å². The van der Waals surface area contributed by atoms with E-state index in [4.69, 9.17) is 38.7 Å². The number of hydrogen-bond acceptors (Lipinski definition) is 2. The second-order valence-corrected chi connectivity index (χ2v) is 7.58. The summed E-state index contributed by atoms with van der Waals surface area (Å²) in [4.78, 5) is 6.95. The Hall–Kier alpha value is -0.970. The largest absolute Gasteiger partial charge is 0.381 e. The number of guanidine groups is 1. The average molecular weight is 370 g/mol. The maximum absolute atomic E-state index is 6.50. The third-order valence-electron chi connectivity index (χ3n) is 5.18. The van der Waals surface area contributed by atoms with Crippen molar-refractivity contribution >= 4 is 29.2 Å². The Morgan fingerprint density at radius 3 is 2.54 bits per heavy atom. The van der Waals surface area contributed by atoms with Crippen molar-refractivity contribution in [2.24, 2.45) is 10.7 Å². The number of hydrogen-bond donors (Lipinski definition) is 1. The molecule has 2 N–H and O–H groups in total. The highest BCUT2D eigenvalue weighted by molar-refractivity contribution is 6.35. The van der Waals surface area contributed by atoms with Crippen LogP contribution in [-0.2, 0) is 10.2 Å². The molecule has 0 unspecified atom stereocenters. The van der Waals surface area contributed by atoms with E-state index >= 15 is 0 Å². The van der Waals surface area contributed by atoms with Crippen molar-refractivity contribution in [2.45, 2.75) is 37.5 Å². The molecule has 2 aliphatic heterocycles. The van der Waals surface area contributed by atoms with E-state index in [0.29, 0.717) is 22.5 Å². The Morgan fingerprint density at radius 2 is 1.88 bits per heavy atom. The smallest absolute Gasteiger partial charge is 0.191 e. The summed E-state index contributed by atoms with van der Waals surface area (Å²) in [5.74, 6) is 0.658. The highest BCUT2D eigenvalue weighted by Crippen LogP contribution is 2.40. The van der Waals surface area contributed by atoms with Crippen LogP contribution in [-0.4, -0.2) is 43.7 Å². The molecule has 0 saturated carbocycles. The first-order chi connectivity index (χ1) is 11.6. The molecule has 0 aromatic heterocycles. The molecule has 0 amide bonds. The first kappa shape index (κ1) is 17.8. The van der Waals surface area contributed by atoms with E-state index in [1.165, 1.54) is 19.3 Å². The minimum absolute atomic E-state index is 0.125. The fourth-order valence-corrected chi connectivity index (χ4v) is 4.26. The van der Waals surface area contributed by atoms with Gasteiger partial charge in [0.15, 0.2) is 5.96 Å². The number of ether oxygens (including phenoxy) is 1. The molecule has 2 fully saturated rings. The molecule has 1 aromatic carbocycles. The molecule has 2 saturated heterocycles. The van der Waals surface area contributed by atoms with Crippen LogP contribution in [0.2, 0.25) is 10.0 Å². The monoisotopic (exact) mass is 369 g/mol. The van der Waals surface area contributed by atoms with Crippen LogP contribution in [0.5, 0.6) is 0 Å². The van der Waals surface area contributed by atoms with E-state index < -0.39 is 0 Å². The summed E-state index contributed by atoms with van der Waals surface area (Å²) in [6.45, 7) is 4.09. The number of nitrogens with zero attached hydrogens (tertiary/aromatic N) is 2. The Kier molecular flexibility index (Phi) is 5.90. The van der Waals surface area contributed by atoms with Crippen LogP contribution in [0.1, 0.15) is 37.7 Å². The number of aliphatic imine (C=N–C) groups is 1. The van der Waals surface area contributed by atoms with Gasteiger partial charge < -0.3 is 15.4 Å². The van der Waals surface area contributed by atoms with Gasteiger partial charge in [-0.1, -0.05) is 29.3 Å². The second kappa shape index (κ2) is 7.94. The molecule has 24 heavy (non-hydrogen) atoms. The van der Waals surface area contributed by atoms with Gasteiger partial charge in [-0.25, -0.2) is 0 Å². The lowest BCUT2D eigenvalue weighted by atomic mass is 9.74. The normalized spacial score (nSPS) is 21.8. The summed E-state index contributed by atoms with van der Waals surface area (Å²) in [7, 11) is 0. The number of nitrogens with two attached hydrogens (primary N) is 1. The zero-order chi connectivity index (χ0) is 17.0. The molecule has 1 aromatic rings. The lowest BCUT2D eigenvalue weighted by Crippen LogP contribution is -2.43. The predicted octanol–water partition coefficient (Wildman–Crippen LogP) is 3.84. The van der Waals surface area contributed by atoms with Gasteiger partial charge >= 0.3 is 0 Å². The van der Waals surface area contributed by atoms with Crippen LogP contribution in [0.3, 0.4) is 0 Å². The quantitative estimate of drug-likeness (QED) is 0.650. The highest BCUT2D eigenvalue weighted by atomic mass is 35.5. The molecule has 3 rings (SSSR count). The zero-order valence-electron chi connectivity index (χ0n) is 13.9. The summed E-state index contributed by atoms with van der Waals surface area (Å²) >= 11 is 12.6. The molecule has 0 spiro atoms. The van der Waals surface area contributed by atoms with E-state index in [1.54, 1.807) is 0 Å². The average Bonchev–Trinajstić information content (AvgIpc) is 2.61. The van der Waals surface area contributed by atoms with Gasteiger partial charge in [0.2, 0.25) is 0 Å². The van der Waals surface area contributed by atoms with Crippen LogP contribution in [0.15, 0.2) is 23.2 Å². The van der Waals surface area contributed by atoms with Crippen molar-refractivity contribution in [3.8, 4) is 0 Å². The van der Waals surface area contributed by atoms with Crippen molar-refractivity contribution in [1.29, 1.82) is 0 Å². The Labute approximate surface area is 154 Å². The molecule has 2 aliphatic rings. The summed E-state index contributed by atoms with van der Waals surface area (Å²) in [5.41, 5.74) is 7.23. The van der Waals surface area contributed by atoms with Gasteiger partial charge in [0, 0.05) is 41.8 Å². The Bertz CT molecular complexity index is 594. The SMILES string of the molecule is NC(=NCC1(c2ccc(Cl)cc2Cl)CCOCC1)N1CCCCC1. The van der Waals surface area contributed by atoms with Gasteiger partial charge in [0.25, 0.3) is 0 Å². The third kappa shape index (κ3) is 3.98. The fourth-order valence-electron chi connectivity index (χ4n) is 3.65. The first-order valence-electron chi connectivity index (χ1n) is 8.69. The lowest BCUT2D eigenvalue weighted by Gasteiger charge is -2.37. The molecule has 2 heterocycles. The number of rotatable bonds is 3. The second-order valence-electron chi connectivity index (χ2n) is 6.74. The van der Waals surface area contributed by atoms with Crippen molar-refractivity contribution in [2.75, 3.05) is 32.8 Å². The van der Waals surface area contributed by atoms with Crippen LogP contribution in [0.25, 0.3) is 0 Å². The summed E-state index contributed by atoms with van der Waals surface area (Å²) in [6, 6.07) is 5.74. The van der Waals surface area contributed by atoms with Gasteiger partial charge in [-0.2, -0.15) is 0 Å². The van der Waals surface area contributed by atoms with Crippen LogP contribution in [0, 0.1) is 0 Å². The topological polar surface area (TPSA) is 50.9 Å². The van der Waals surface area contributed by atoms with Crippen LogP contribution < -0.4 is 5.73 Å². The molecular formula is C18H25Cl2N3O. The van der Waals surface area contributed by atoms with Crippen LogP contribution in [0.4, 0.5) is 0 Å². The standard InChI is InChI=1S/C18H25Cl2N3O/c19-14-4-5-15(16(20)12-14)18(6-10-24-11-7-18)13-22-17(21)23-8-2-1-3-9-23/h4-5,12H,1-3,6-11,13H2,(H2,21,22). The first-order valence-corrected chi connectivity index (χ1v) is 9.44. The molecule has 6 heteroatoms. The molecule has 132 valence electrons. The van der Waals surface area contributed by atoms with Crippen molar-refractivity contribution in [1.82, 2.24) is 4.90 Å². The van der Waals surface area contributed by atoms with E-state index in [1.807, 2.05) is 18.2 Å². The predicted molar refractivity (Wildman–Crippen MR) is 100 cm³/mol. The van der Waals surface area contributed by atoms with E-state index in [2.05, 4.69) is 4.90 Å². The lowest BCUT2D eigenvalue weighted by molar-refractivity contribution is 0.0530. The summed E-state index contributed by atoms with van der Waals surface area (Å²) in [5, 5.41) is 1.36. The molecule has 4 nitrogen and oxygen atoms in total. The van der Waals surface area contributed by atoms with E-state index in [-0.39, 0.29) is 5.41 Å². The van der Waals surface area contributed by atoms with Gasteiger partial charge in [0.1, 0.15) is 0 Å². The molecular weight excluding hydrogens is 345 g/mol. The van der Waals surface area contributed by atoms with Crippen LogP contribution >= 0.6 is 23.2 Å². The molecule has 0 bridgehead atoms. The van der Waals surface area contributed by atoms with E-state index in [9.17, 15) is 0 Å². The summed E-state index contributed by atoms with van der Waals surface area (Å²) in [6.07, 6.45) is 5.46. The van der Waals surface area contributed by atoms with Gasteiger partial charge in [-0.3, -0.25) is 4.99 Å². The number of halogens is 2.